The van der Waals surface area contributed by atoms with E-state index in [-0.39, 0.29) is 0 Å². The number of rotatable bonds is 2. The summed E-state index contributed by atoms with van der Waals surface area (Å²) in [7, 11) is 3.74. The van der Waals surface area contributed by atoms with Crippen LogP contribution in [0.2, 0.25) is 0 Å². The number of hydrogen-bond donors (Lipinski definition) is 1. The molecule has 5 nitrogen and oxygen atoms in total. The average molecular weight is 245 g/mol. The first-order chi connectivity index (χ1) is 8.28. The van der Waals surface area contributed by atoms with Crippen LogP contribution >= 0.6 is 11.3 Å². The summed E-state index contributed by atoms with van der Waals surface area (Å²) in [6, 6.07) is 3.93. The lowest BCUT2D eigenvalue weighted by Crippen LogP contribution is -1.98. The first kappa shape index (κ1) is 10.2. The number of nitrogens with one attached hydrogen (secondary N) is 1. The number of hydrogen-bond acceptors (Lipinski definition) is 5. The van der Waals surface area contributed by atoms with Crippen molar-refractivity contribution >= 4 is 27.4 Å². The normalized spacial score (nSPS) is 10.9. The summed E-state index contributed by atoms with van der Waals surface area (Å²) in [4.78, 5) is 9.98. The van der Waals surface area contributed by atoms with Gasteiger partial charge in [0.1, 0.15) is 16.3 Å². The Morgan fingerprint density at radius 3 is 2.88 bits per heavy atom. The summed E-state index contributed by atoms with van der Waals surface area (Å²) < 4.78 is 1.75. The summed E-state index contributed by atoms with van der Waals surface area (Å²) in [5, 5.41) is 10.5. The second-order valence-electron chi connectivity index (χ2n) is 3.66. The minimum absolute atomic E-state index is 0.657. The molecule has 0 radical (unpaired) electrons. The average Bonchev–Trinajstić information content (AvgIpc) is 2.95. The van der Waals surface area contributed by atoms with E-state index >= 15 is 0 Å². The summed E-state index contributed by atoms with van der Waals surface area (Å²) in [6.45, 7) is 0. The molecule has 0 saturated heterocycles. The van der Waals surface area contributed by atoms with E-state index in [4.69, 9.17) is 0 Å². The van der Waals surface area contributed by atoms with Crippen LogP contribution < -0.4 is 5.32 Å². The molecule has 6 heteroatoms. The molecule has 86 valence electrons. The maximum absolute atomic E-state index is 4.52. The van der Waals surface area contributed by atoms with Gasteiger partial charge in [0.05, 0.1) is 5.39 Å². The topological polar surface area (TPSA) is 55.6 Å². The molecule has 17 heavy (non-hydrogen) atoms. The minimum atomic E-state index is 0.657. The Labute approximate surface area is 102 Å². The predicted molar refractivity (Wildman–Crippen MR) is 69.2 cm³/mol. The first-order valence-electron chi connectivity index (χ1n) is 5.21. The lowest BCUT2D eigenvalue weighted by molar-refractivity contribution is 0.769. The lowest BCUT2D eigenvalue weighted by Gasteiger charge is -2.03. The third-order valence-electron chi connectivity index (χ3n) is 2.50. The molecule has 0 spiro atoms. The van der Waals surface area contributed by atoms with Gasteiger partial charge in [-0.3, -0.25) is 4.68 Å². The van der Waals surface area contributed by atoms with E-state index in [9.17, 15) is 0 Å². The van der Waals surface area contributed by atoms with Gasteiger partial charge in [-0.05, 0) is 17.5 Å². The molecule has 0 aliphatic rings. The number of aryl methyl sites for hydroxylation is 1. The molecular weight excluding hydrogens is 234 g/mol. The molecule has 0 atom stereocenters. The van der Waals surface area contributed by atoms with Crippen LogP contribution in [-0.4, -0.2) is 26.8 Å². The molecule has 0 saturated carbocycles. The van der Waals surface area contributed by atoms with Crippen molar-refractivity contribution in [3.63, 3.8) is 0 Å². The van der Waals surface area contributed by atoms with Crippen LogP contribution in [0.15, 0.2) is 23.7 Å². The molecule has 3 heterocycles. The van der Waals surface area contributed by atoms with E-state index < -0.39 is 0 Å². The van der Waals surface area contributed by atoms with Gasteiger partial charge in [0.2, 0.25) is 0 Å². The Morgan fingerprint density at radius 1 is 1.29 bits per heavy atom. The van der Waals surface area contributed by atoms with E-state index in [1.165, 1.54) is 0 Å². The molecule has 3 rings (SSSR count). The zero-order chi connectivity index (χ0) is 11.8. The van der Waals surface area contributed by atoms with Crippen LogP contribution in [0, 0.1) is 0 Å². The molecule has 3 aromatic heterocycles. The highest BCUT2D eigenvalue weighted by Gasteiger charge is 2.10. The van der Waals surface area contributed by atoms with E-state index in [2.05, 4.69) is 20.4 Å². The molecular formula is C11H11N5S. The van der Waals surface area contributed by atoms with Gasteiger partial charge in [0.15, 0.2) is 5.82 Å². The molecule has 0 fully saturated rings. The van der Waals surface area contributed by atoms with Crippen LogP contribution in [0.1, 0.15) is 0 Å². The van der Waals surface area contributed by atoms with E-state index in [0.717, 1.165) is 21.7 Å². The first-order valence-corrected chi connectivity index (χ1v) is 6.09. The number of thiophene rings is 1. The minimum Gasteiger partial charge on any atom is -0.372 e. The Kier molecular flexibility index (Phi) is 2.29. The van der Waals surface area contributed by atoms with Crippen molar-refractivity contribution < 1.29 is 0 Å². The Morgan fingerprint density at radius 2 is 2.18 bits per heavy atom. The Hall–Kier alpha value is -1.95. The van der Waals surface area contributed by atoms with Gasteiger partial charge < -0.3 is 5.32 Å². The van der Waals surface area contributed by atoms with E-state index in [0.29, 0.717) is 5.82 Å². The van der Waals surface area contributed by atoms with E-state index in [1.807, 2.05) is 37.8 Å². The van der Waals surface area contributed by atoms with Crippen molar-refractivity contribution in [2.45, 2.75) is 0 Å². The van der Waals surface area contributed by atoms with Gasteiger partial charge in [-0.15, -0.1) is 11.3 Å². The largest absolute Gasteiger partial charge is 0.372 e. The number of fused-ring (bicyclic) bond motifs is 1. The van der Waals surface area contributed by atoms with Gasteiger partial charge in [-0.2, -0.15) is 5.10 Å². The smallest absolute Gasteiger partial charge is 0.183 e. The fourth-order valence-electron chi connectivity index (χ4n) is 1.69. The number of nitrogens with zero attached hydrogens (tertiary/aromatic N) is 4. The van der Waals surface area contributed by atoms with Gasteiger partial charge in [-0.25, -0.2) is 9.97 Å². The summed E-state index contributed by atoms with van der Waals surface area (Å²) >= 11 is 1.61. The summed E-state index contributed by atoms with van der Waals surface area (Å²) in [6.07, 6.45) is 1.89. The second-order valence-corrected chi connectivity index (χ2v) is 4.55. The molecule has 0 amide bonds. The SMILES string of the molecule is CNc1nc(-c2ccn(C)n2)nc2sccc12. The standard InChI is InChI=1S/C11H11N5S/c1-12-9-7-4-6-17-11(7)14-10(13-9)8-3-5-16(2)15-8/h3-6H,1-2H3,(H,12,13,14). The van der Waals surface area contributed by atoms with Crippen LogP contribution in [0.3, 0.4) is 0 Å². The van der Waals surface area contributed by atoms with Crippen molar-refractivity contribution in [1.29, 1.82) is 0 Å². The molecule has 0 aliphatic carbocycles. The highest BCUT2D eigenvalue weighted by molar-refractivity contribution is 7.16. The van der Waals surface area contributed by atoms with Crippen LogP contribution in [0.4, 0.5) is 5.82 Å². The van der Waals surface area contributed by atoms with Crippen molar-refractivity contribution in [3.8, 4) is 11.5 Å². The number of anilines is 1. The third-order valence-corrected chi connectivity index (χ3v) is 3.31. The third kappa shape index (κ3) is 1.66. The highest BCUT2D eigenvalue weighted by Crippen LogP contribution is 2.27. The summed E-state index contributed by atoms with van der Waals surface area (Å²) in [5.74, 6) is 1.50. The van der Waals surface area contributed by atoms with Gasteiger partial charge in [0, 0.05) is 20.3 Å². The lowest BCUT2D eigenvalue weighted by atomic mass is 10.3. The number of aromatic nitrogens is 4. The molecule has 1 N–H and O–H groups in total. The van der Waals surface area contributed by atoms with E-state index in [1.54, 1.807) is 16.0 Å². The van der Waals surface area contributed by atoms with Gasteiger partial charge in [-0.1, -0.05) is 0 Å². The Bertz CT molecular complexity index is 669. The maximum atomic E-state index is 4.52. The molecule has 0 aromatic carbocycles. The molecule has 0 bridgehead atoms. The highest BCUT2D eigenvalue weighted by atomic mass is 32.1. The van der Waals surface area contributed by atoms with Crippen molar-refractivity contribution in [3.05, 3.63) is 23.7 Å². The predicted octanol–water partition coefficient (Wildman–Crippen LogP) is 2.13. The van der Waals surface area contributed by atoms with Crippen LogP contribution in [-0.2, 0) is 7.05 Å². The molecule has 3 aromatic rings. The second kappa shape index (κ2) is 3.81. The van der Waals surface area contributed by atoms with Gasteiger partial charge >= 0.3 is 0 Å². The summed E-state index contributed by atoms with van der Waals surface area (Å²) in [5.41, 5.74) is 0.791. The quantitative estimate of drug-likeness (QED) is 0.751. The Balaban J connectivity index is 2.23. The monoisotopic (exact) mass is 245 g/mol. The molecule has 0 unspecified atom stereocenters. The van der Waals surface area contributed by atoms with Crippen LogP contribution in [0.25, 0.3) is 21.7 Å². The van der Waals surface area contributed by atoms with Crippen molar-refractivity contribution in [2.75, 3.05) is 12.4 Å². The molecule has 0 aliphatic heterocycles. The zero-order valence-electron chi connectivity index (χ0n) is 9.51. The van der Waals surface area contributed by atoms with Crippen molar-refractivity contribution in [1.82, 2.24) is 19.7 Å². The van der Waals surface area contributed by atoms with Crippen molar-refractivity contribution in [2.24, 2.45) is 7.05 Å². The van der Waals surface area contributed by atoms with Crippen LogP contribution in [0.5, 0.6) is 0 Å². The zero-order valence-corrected chi connectivity index (χ0v) is 10.3. The van der Waals surface area contributed by atoms with Gasteiger partial charge in [0.25, 0.3) is 0 Å². The fraction of sp³-hybridized carbons (Fsp3) is 0.182. The maximum Gasteiger partial charge on any atom is 0.183 e. The fourth-order valence-corrected chi connectivity index (χ4v) is 2.46.